The van der Waals surface area contributed by atoms with Crippen molar-refractivity contribution in [2.75, 3.05) is 13.6 Å². The topological polar surface area (TPSA) is 60.8 Å². The molecule has 68 valence electrons. The minimum atomic E-state index is 0.267. The molecule has 0 aliphatic heterocycles. The van der Waals surface area contributed by atoms with Crippen LogP contribution in [0.2, 0.25) is 0 Å². The summed E-state index contributed by atoms with van der Waals surface area (Å²) in [4.78, 5) is 2.84. The van der Waals surface area contributed by atoms with Crippen molar-refractivity contribution in [3.8, 4) is 0 Å². The van der Waals surface area contributed by atoms with Crippen LogP contribution in [0, 0.1) is 5.92 Å². The molecule has 0 bridgehead atoms. The Balaban J connectivity index is 2.24. The van der Waals surface area contributed by atoms with Gasteiger partial charge in [-0.3, -0.25) is 0 Å². The first-order chi connectivity index (χ1) is 5.86. The van der Waals surface area contributed by atoms with Gasteiger partial charge >= 0.3 is 0 Å². The molecule has 0 saturated heterocycles. The molecule has 4 nitrogen and oxygen atoms in total. The molecule has 0 atom stereocenters. The summed E-state index contributed by atoms with van der Waals surface area (Å²) in [5, 5.41) is 6.92. The van der Waals surface area contributed by atoms with E-state index in [2.05, 4.69) is 15.3 Å². The van der Waals surface area contributed by atoms with E-state index in [-0.39, 0.29) is 6.04 Å². The van der Waals surface area contributed by atoms with Gasteiger partial charge in [-0.1, -0.05) is 5.11 Å². The molecule has 0 aromatic heterocycles. The highest BCUT2D eigenvalue weighted by molar-refractivity contribution is 4.77. The zero-order chi connectivity index (χ0) is 8.81. The molecular formula is C8H16N4. The third-order valence-electron chi connectivity index (χ3n) is 2.52. The fourth-order valence-electron chi connectivity index (χ4n) is 1.83. The maximum Gasteiger partial charge on any atom is 0.0374 e. The molecule has 0 aromatic rings. The summed E-state index contributed by atoms with van der Waals surface area (Å²) in [6.07, 6.45) is 4.53. The van der Waals surface area contributed by atoms with Gasteiger partial charge in [0.15, 0.2) is 0 Å². The van der Waals surface area contributed by atoms with Crippen LogP contribution in [0.1, 0.15) is 25.7 Å². The molecule has 0 unspecified atom stereocenters. The van der Waals surface area contributed by atoms with Gasteiger partial charge < -0.3 is 5.32 Å². The van der Waals surface area contributed by atoms with Gasteiger partial charge in [-0.05, 0) is 50.7 Å². The SMILES string of the molecule is CNCC1CCC(N=[N+]=[N-])CC1. The average molecular weight is 168 g/mol. The zero-order valence-corrected chi connectivity index (χ0v) is 7.53. The Hall–Kier alpha value is -0.730. The summed E-state index contributed by atoms with van der Waals surface area (Å²) in [5.74, 6) is 0.792. The maximum atomic E-state index is 8.23. The number of rotatable bonds is 3. The average Bonchev–Trinajstić information content (AvgIpc) is 2.09. The van der Waals surface area contributed by atoms with E-state index in [1.807, 2.05) is 7.05 Å². The lowest BCUT2D eigenvalue weighted by Crippen LogP contribution is -2.25. The Labute approximate surface area is 73.0 Å². The van der Waals surface area contributed by atoms with Crippen molar-refractivity contribution in [2.45, 2.75) is 31.7 Å². The van der Waals surface area contributed by atoms with Gasteiger partial charge in [0.05, 0.1) is 0 Å². The predicted molar refractivity (Wildman–Crippen MR) is 48.8 cm³/mol. The normalized spacial score (nSPS) is 29.4. The standard InChI is InChI=1S/C8H16N4/c1-10-6-7-2-4-8(5-3-7)11-12-9/h7-8,10H,2-6H2,1H3. The molecule has 0 radical (unpaired) electrons. The van der Waals surface area contributed by atoms with Crippen molar-refractivity contribution in [1.82, 2.24) is 5.32 Å². The van der Waals surface area contributed by atoms with Gasteiger partial charge in [0.25, 0.3) is 0 Å². The summed E-state index contributed by atoms with van der Waals surface area (Å²) in [6, 6.07) is 0.267. The smallest absolute Gasteiger partial charge is 0.0374 e. The first-order valence-electron chi connectivity index (χ1n) is 4.55. The fourth-order valence-corrected chi connectivity index (χ4v) is 1.83. The van der Waals surface area contributed by atoms with E-state index in [0.717, 1.165) is 25.3 Å². The highest BCUT2D eigenvalue weighted by atomic mass is 15.1. The van der Waals surface area contributed by atoms with Crippen molar-refractivity contribution >= 4 is 0 Å². The van der Waals surface area contributed by atoms with Crippen LogP contribution in [-0.4, -0.2) is 19.6 Å². The van der Waals surface area contributed by atoms with Crippen molar-refractivity contribution in [3.63, 3.8) is 0 Å². The van der Waals surface area contributed by atoms with Crippen LogP contribution in [-0.2, 0) is 0 Å². The predicted octanol–water partition coefficient (Wildman–Crippen LogP) is 2.07. The molecule has 4 heteroatoms. The van der Waals surface area contributed by atoms with Crippen molar-refractivity contribution in [1.29, 1.82) is 0 Å². The molecule has 0 spiro atoms. The monoisotopic (exact) mass is 168 g/mol. The van der Waals surface area contributed by atoms with E-state index < -0.39 is 0 Å². The van der Waals surface area contributed by atoms with Crippen LogP contribution in [0.4, 0.5) is 0 Å². The molecule has 0 heterocycles. The van der Waals surface area contributed by atoms with Crippen LogP contribution in [0.5, 0.6) is 0 Å². The van der Waals surface area contributed by atoms with Gasteiger partial charge in [0, 0.05) is 11.0 Å². The second-order valence-corrected chi connectivity index (χ2v) is 3.44. The van der Waals surface area contributed by atoms with Gasteiger partial charge in [0.2, 0.25) is 0 Å². The van der Waals surface area contributed by atoms with Gasteiger partial charge in [-0.15, -0.1) is 0 Å². The molecule has 0 amide bonds. The van der Waals surface area contributed by atoms with E-state index in [4.69, 9.17) is 5.53 Å². The van der Waals surface area contributed by atoms with Crippen LogP contribution in [0.3, 0.4) is 0 Å². The van der Waals surface area contributed by atoms with Crippen LogP contribution in [0.15, 0.2) is 5.11 Å². The second-order valence-electron chi connectivity index (χ2n) is 3.44. The van der Waals surface area contributed by atoms with Gasteiger partial charge in [-0.25, -0.2) is 0 Å². The number of azide groups is 1. The van der Waals surface area contributed by atoms with Crippen molar-refractivity contribution in [3.05, 3.63) is 10.4 Å². The molecule has 1 fully saturated rings. The fraction of sp³-hybridized carbons (Fsp3) is 1.00. The lowest BCUT2D eigenvalue weighted by Gasteiger charge is -2.25. The summed E-state index contributed by atoms with van der Waals surface area (Å²) < 4.78 is 0. The zero-order valence-electron chi connectivity index (χ0n) is 7.53. The lowest BCUT2D eigenvalue weighted by molar-refractivity contribution is 0.320. The third-order valence-corrected chi connectivity index (χ3v) is 2.52. The molecular weight excluding hydrogens is 152 g/mol. The number of hydrogen-bond donors (Lipinski definition) is 1. The van der Waals surface area contributed by atoms with Crippen LogP contribution >= 0.6 is 0 Å². The lowest BCUT2D eigenvalue weighted by atomic mass is 9.86. The molecule has 12 heavy (non-hydrogen) atoms. The molecule has 0 aromatic carbocycles. The van der Waals surface area contributed by atoms with E-state index in [1.54, 1.807) is 0 Å². The number of nitrogens with zero attached hydrogens (tertiary/aromatic N) is 3. The summed E-state index contributed by atoms with van der Waals surface area (Å²) >= 11 is 0. The van der Waals surface area contributed by atoms with E-state index in [9.17, 15) is 0 Å². The van der Waals surface area contributed by atoms with E-state index in [1.165, 1.54) is 12.8 Å². The van der Waals surface area contributed by atoms with Crippen molar-refractivity contribution in [2.24, 2.45) is 11.0 Å². The Morgan fingerprint density at radius 3 is 2.58 bits per heavy atom. The van der Waals surface area contributed by atoms with Gasteiger partial charge in [-0.2, -0.15) is 0 Å². The van der Waals surface area contributed by atoms with Crippen LogP contribution in [0.25, 0.3) is 10.4 Å². The molecule has 1 N–H and O–H groups in total. The number of hydrogen-bond acceptors (Lipinski definition) is 2. The summed E-state index contributed by atoms with van der Waals surface area (Å²) in [7, 11) is 1.99. The number of nitrogens with one attached hydrogen (secondary N) is 1. The van der Waals surface area contributed by atoms with E-state index >= 15 is 0 Å². The highest BCUT2D eigenvalue weighted by Gasteiger charge is 2.19. The Morgan fingerprint density at radius 1 is 1.42 bits per heavy atom. The van der Waals surface area contributed by atoms with Crippen molar-refractivity contribution < 1.29 is 0 Å². The van der Waals surface area contributed by atoms with Crippen LogP contribution < -0.4 is 5.32 Å². The summed E-state index contributed by atoms with van der Waals surface area (Å²) in [5.41, 5.74) is 8.23. The molecule has 1 saturated carbocycles. The molecule has 1 aliphatic rings. The maximum absolute atomic E-state index is 8.23. The highest BCUT2D eigenvalue weighted by Crippen LogP contribution is 2.25. The Kier molecular flexibility index (Phi) is 3.91. The Bertz CT molecular complexity index is 166. The first-order valence-corrected chi connectivity index (χ1v) is 4.55. The first kappa shape index (κ1) is 9.36. The largest absolute Gasteiger partial charge is 0.319 e. The third kappa shape index (κ3) is 2.72. The second kappa shape index (κ2) is 5.01. The van der Waals surface area contributed by atoms with E-state index in [0.29, 0.717) is 0 Å². The minimum absolute atomic E-state index is 0.267. The molecule has 1 aliphatic carbocycles. The Morgan fingerprint density at radius 2 is 2.08 bits per heavy atom. The quantitative estimate of drug-likeness (QED) is 0.391. The minimum Gasteiger partial charge on any atom is -0.319 e. The summed E-state index contributed by atoms with van der Waals surface area (Å²) in [6.45, 7) is 1.10. The molecule has 1 rings (SSSR count). The van der Waals surface area contributed by atoms with Gasteiger partial charge in [0.1, 0.15) is 0 Å².